The quantitative estimate of drug-likeness (QED) is 0.673. The molecule has 14 heavy (non-hydrogen) atoms. The van der Waals surface area contributed by atoms with Crippen LogP contribution in [-0.2, 0) is 15.9 Å². The van der Waals surface area contributed by atoms with Crippen LogP contribution in [0, 0.1) is 0 Å². The Hall–Kier alpha value is -1.51. The molecule has 2 rings (SSSR count). The molecule has 0 N–H and O–H groups in total. The van der Waals surface area contributed by atoms with Gasteiger partial charge in [0.1, 0.15) is 12.2 Å². The van der Waals surface area contributed by atoms with Crippen molar-refractivity contribution in [2.24, 2.45) is 0 Å². The third-order valence-electron chi connectivity index (χ3n) is 2.33. The lowest BCUT2D eigenvalue weighted by Crippen LogP contribution is -2.21. The van der Waals surface area contributed by atoms with Crippen LogP contribution in [0.2, 0.25) is 0 Å². The van der Waals surface area contributed by atoms with Crippen LogP contribution >= 0.6 is 0 Å². The van der Waals surface area contributed by atoms with Gasteiger partial charge in [-0.3, -0.25) is 0 Å². The van der Waals surface area contributed by atoms with Gasteiger partial charge in [-0.2, -0.15) is 0 Å². The van der Waals surface area contributed by atoms with E-state index in [0.717, 1.165) is 5.56 Å². The van der Waals surface area contributed by atoms with Crippen molar-refractivity contribution in [3.63, 3.8) is 0 Å². The summed E-state index contributed by atoms with van der Waals surface area (Å²) in [5.41, 5.74) is 1.16. The van der Waals surface area contributed by atoms with E-state index < -0.39 is 6.16 Å². The van der Waals surface area contributed by atoms with Gasteiger partial charge in [-0.25, -0.2) is 4.79 Å². The number of hydrogen-bond acceptors (Lipinski definition) is 3. The zero-order chi connectivity index (χ0) is 9.97. The molecule has 1 heterocycles. The molecule has 1 aromatic carbocycles. The predicted molar refractivity (Wildman–Crippen MR) is 51.0 cm³/mol. The number of cyclic esters (lactones) is 2. The molecule has 1 aromatic rings. The minimum Gasteiger partial charge on any atom is -0.427 e. The van der Waals surface area contributed by atoms with Crippen molar-refractivity contribution < 1.29 is 14.3 Å². The first-order chi connectivity index (χ1) is 6.75. The normalized spacial score (nSPS) is 25.6. The number of hydrogen-bond donors (Lipinski definition) is 0. The lowest BCUT2D eigenvalue weighted by atomic mass is 10.1. The molecule has 0 saturated carbocycles. The average Bonchev–Trinajstić information content (AvgIpc) is 2.47. The van der Waals surface area contributed by atoms with Gasteiger partial charge in [0.2, 0.25) is 0 Å². The largest absolute Gasteiger partial charge is 0.509 e. The maximum absolute atomic E-state index is 10.8. The summed E-state index contributed by atoms with van der Waals surface area (Å²) < 4.78 is 9.90. The van der Waals surface area contributed by atoms with E-state index in [1.54, 1.807) is 0 Å². The molecule has 0 unspecified atom stereocenters. The van der Waals surface area contributed by atoms with Crippen LogP contribution in [0.4, 0.5) is 4.79 Å². The van der Waals surface area contributed by atoms with E-state index in [0.29, 0.717) is 6.42 Å². The standard InChI is InChI=1S/C11H12O3/c1-8-10(14-11(12)13-8)7-9-5-3-2-4-6-9/h2-6,8,10H,7H2,1H3/t8-,10-/m0/s1. The van der Waals surface area contributed by atoms with Crippen LogP contribution < -0.4 is 0 Å². The zero-order valence-corrected chi connectivity index (χ0v) is 7.97. The molecule has 0 bridgehead atoms. The molecule has 0 amide bonds. The third-order valence-corrected chi connectivity index (χ3v) is 2.33. The molecule has 74 valence electrons. The second kappa shape index (κ2) is 3.70. The molecular formula is C11H12O3. The lowest BCUT2D eigenvalue weighted by molar-refractivity contribution is 0.117. The van der Waals surface area contributed by atoms with Gasteiger partial charge in [0.05, 0.1) is 0 Å². The van der Waals surface area contributed by atoms with Crippen LogP contribution in [0.3, 0.4) is 0 Å². The van der Waals surface area contributed by atoms with Gasteiger partial charge in [0.15, 0.2) is 0 Å². The average molecular weight is 192 g/mol. The van der Waals surface area contributed by atoms with Gasteiger partial charge >= 0.3 is 6.16 Å². The van der Waals surface area contributed by atoms with Gasteiger partial charge in [-0.05, 0) is 12.5 Å². The minimum absolute atomic E-state index is 0.148. The minimum atomic E-state index is -0.557. The van der Waals surface area contributed by atoms with Crippen LogP contribution in [0.1, 0.15) is 12.5 Å². The number of carbonyl (C=O) groups is 1. The maximum atomic E-state index is 10.8. The molecule has 1 aliphatic rings. The van der Waals surface area contributed by atoms with Crippen molar-refractivity contribution in [2.45, 2.75) is 25.6 Å². The van der Waals surface area contributed by atoms with Crippen molar-refractivity contribution in [3.8, 4) is 0 Å². The Morgan fingerprint density at radius 1 is 1.21 bits per heavy atom. The molecule has 1 saturated heterocycles. The van der Waals surface area contributed by atoms with Gasteiger partial charge in [-0.1, -0.05) is 30.3 Å². The Labute approximate surface area is 82.6 Å². The highest BCUT2D eigenvalue weighted by atomic mass is 16.8. The second-order valence-electron chi connectivity index (χ2n) is 3.42. The van der Waals surface area contributed by atoms with Gasteiger partial charge < -0.3 is 9.47 Å². The van der Waals surface area contributed by atoms with Crippen molar-refractivity contribution in [1.29, 1.82) is 0 Å². The molecule has 0 spiro atoms. The molecule has 1 aliphatic heterocycles. The summed E-state index contributed by atoms with van der Waals surface area (Å²) in [7, 11) is 0. The summed E-state index contributed by atoms with van der Waals surface area (Å²) in [6, 6.07) is 9.93. The second-order valence-corrected chi connectivity index (χ2v) is 3.42. The Bertz CT molecular complexity index is 321. The predicted octanol–water partition coefficient (Wildman–Crippen LogP) is 2.15. The zero-order valence-electron chi connectivity index (χ0n) is 7.97. The van der Waals surface area contributed by atoms with Crippen LogP contribution in [-0.4, -0.2) is 18.4 Å². The fourth-order valence-corrected chi connectivity index (χ4v) is 1.53. The summed E-state index contributed by atoms with van der Waals surface area (Å²) in [5, 5.41) is 0. The van der Waals surface area contributed by atoms with Crippen molar-refractivity contribution >= 4 is 6.16 Å². The van der Waals surface area contributed by atoms with Crippen molar-refractivity contribution in [1.82, 2.24) is 0 Å². The van der Waals surface area contributed by atoms with E-state index in [4.69, 9.17) is 9.47 Å². The first kappa shape index (κ1) is 9.06. The molecular weight excluding hydrogens is 180 g/mol. The van der Waals surface area contributed by atoms with Crippen molar-refractivity contribution in [3.05, 3.63) is 35.9 Å². The van der Waals surface area contributed by atoms with E-state index in [-0.39, 0.29) is 12.2 Å². The van der Waals surface area contributed by atoms with E-state index in [1.165, 1.54) is 0 Å². The van der Waals surface area contributed by atoms with Crippen molar-refractivity contribution in [2.75, 3.05) is 0 Å². The Morgan fingerprint density at radius 2 is 1.93 bits per heavy atom. The molecule has 3 nitrogen and oxygen atoms in total. The first-order valence-corrected chi connectivity index (χ1v) is 4.67. The SMILES string of the molecule is C[C@@H]1OC(=O)O[C@H]1Cc1ccccc1. The third kappa shape index (κ3) is 1.87. The number of benzene rings is 1. The maximum Gasteiger partial charge on any atom is 0.509 e. The van der Waals surface area contributed by atoms with Gasteiger partial charge in [-0.15, -0.1) is 0 Å². The lowest BCUT2D eigenvalue weighted by Gasteiger charge is -2.10. The smallest absolute Gasteiger partial charge is 0.427 e. The Balaban J connectivity index is 2.02. The molecule has 3 heteroatoms. The topological polar surface area (TPSA) is 35.5 Å². The summed E-state index contributed by atoms with van der Waals surface area (Å²) in [6.45, 7) is 1.85. The summed E-state index contributed by atoms with van der Waals surface area (Å²) in [4.78, 5) is 10.8. The molecule has 0 radical (unpaired) electrons. The highest BCUT2D eigenvalue weighted by Gasteiger charge is 2.32. The summed E-state index contributed by atoms with van der Waals surface area (Å²) >= 11 is 0. The number of rotatable bonds is 2. The summed E-state index contributed by atoms with van der Waals surface area (Å²) in [5.74, 6) is 0. The van der Waals surface area contributed by atoms with Crippen LogP contribution in [0.25, 0.3) is 0 Å². The number of ether oxygens (including phenoxy) is 2. The van der Waals surface area contributed by atoms with E-state index in [1.807, 2.05) is 37.3 Å². The Kier molecular flexibility index (Phi) is 2.39. The Morgan fingerprint density at radius 3 is 2.50 bits per heavy atom. The molecule has 1 fully saturated rings. The van der Waals surface area contributed by atoms with Crippen LogP contribution in [0.15, 0.2) is 30.3 Å². The number of carbonyl (C=O) groups excluding carboxylic acids is 1. The fraction of sp³-hybridized carbons (Fsp3) is 0.364. The van der Waals surface area contributed by atoms with Gasteiger partial charge in [0, 0.05) is 6.42 Å². The van der Waals surface area contributed by atoms with Crippen LogP contribution in [0.5, 0.6) is 0 Å². The molecule has 2 atom stereocenters. The molecule has 0 aromatic heterocycles. The first-order valence-electron chi connectivity index (χ1n) is 4.67. The van der Waals surface area contributed by atoms with Gasteiger partial charge in [0.25, 0.3) is 0 Å². The highest BCUT2D eigenvalue weighted by Crippen LogP contribution is 2.18. The summed E-state index contributed by atoms with van der Waals surface area (Å²) in [6.07, 6.45) is -0.140. The van der Waals surface area contributed by atoms with E-state index >= 15 is 0 Å². The van der Waals surface area contributed by atoms with E-state index in [9.17, 15) is 4.79 Å². The highest BCUT2D eigenvalue weighted by molar-refractivity contribution is 5.62. The van der Waals surface area contributed by atoms with E-state index in [2.05, 4.69) is 0 Å². The fourth-order valence-electron chi connectivity index (χ4n) is 1.53. The monoisotopic (exact) mass is 192 g/mol. The molecule has 0 aliphatic carbocycles.